The fraction of sp³-hybridized carbons (Fsp3) is 0.111. The zero-order chi connectivity index (χ0) is 16.9. The van der Waals surface area contributed by atoms with Crippen molar-refractivity contribution in [2.24, 2.45) is 0 Å². The van der Waals surface area contributed by atoms with Crippen LogP contribution in [0.1, 0.15) is 5.56 Å². The van der Waals surface area contributed by atoms with E-state index >= 15 is 0 Å². The maximum Gasteiger partial charge on any atom is 0.178 e. The van der Waals surface area contributed by atoms with E-state index in [1.54, 1.807) is 18.5 Å². The molecule has 0 aliphatic rings. The van der Waals surface area contributed by atoms with Crippen LogP contribution in [0.3, 0.4) is 0 Å². The summed E-state index contributed by atoms with van der Waals surface area (Å²) >= 11 is 5.19. The molecule has 6 heteroatoms. The minimum atomic E-state index is 0.514. The molecule has 0 saturated heterocycles. The number of benzene rings is 1. The number of fused-ring (bicyclic) bond motifs is 1. The first-order valence-corrected chi connectivity index (χ1v) is 7.92. The summed E-state index contributed by atoms with van der Waals surface area (Å²) in [5.41, 5.74) is 5.11. The second kappa shape index (κ2) is 7.14. The van der Waals surface area contributed by atoms with E-state index in [0.717, 1.165) is 16.9 Å². The number of aryl methyl sites for hydroxylation is 1. The first-order valence-electron chi connectivity index (χ1n) is 7.51. The van der Waals surface area contributed by atoms with Gasteiger partial charge in [-0.1, -0.05) is 35.9 Å². The Hall–Kier alpha value is -2.86. The van der Waals surface area contributed by atoms with Crippen molar-refractivity contribution < 1.29 is 0 Å². The zero-order valence-corrected chi connectivity index (χ0v) is 14.1. The highest BCUT2D eigenvalue weighted by atomic mass is 32.1. The van der Waals surface area contributed by atoms with Gasteiger partial charge >= 0.3 is 0 Å². The van der Waals surface area contributed by atoms with Gasteiger partial charge < -0.3 is 10.6 Å². The Balaban J connectivity index is 1.84. The smallest absolute Gasteiger partial charge is 0.178 e. The lowest BCUT2D eigenvalue weighted by Gasteiger charge is -2.09. The van der Waals surface area contributed by atoms with Crippen LogP contribution in [-0.2, 0) is 0 Å². The van der Waals surface area contributed by atoms with E-state index in [2.05, 4.69) is 51.2 Å². The van der Waals surface area contributed by atoms with Crippen molar-refractivity contribution >= 4 is 34.2 Å². The van der Waals surface area contributed by atoms with Gasteiger partial charge in [0.15, 0.2) is 10.8 Å². The van der Waals surface area contributed by atoms with Crippen LogP contribution >= 0.6 is 12.2 Å². The van der Waals surface area contributed by atoms with E-state index in [1.165, 1.54) is 5.56 Å². The van der Waals surface area contributed by atoms with Gasteiger partial charge in [-0.05, 0) is 25.2 Å². The molecule has 0 aliphatic carbocycles. The molecule has 3 aromatic rings. The number of pyridine rings is 1. The van der Waals surface area contributed by atoms with Gasteiger partial charge in [0.2, 0.25) is 0 Å². The van der Waals surface area contributed by atoms with E-state index in [-0.39, 0.29) is 0 Å². The van der Waals surface area contributed by atoms with Gasteiger partial charge in [0, 0.05) is 12.1 Å². The molecule has 2 N–H and O–H groups in total. The van der Waals surface area contributed by atoms with Crippen molar-refractivity contribution in [2.75, 3.05) is 11.9 Å². The van der Waals surface area contributed by atoms with Gasteiger partial charge in [-0.25, -0.2) is 9.97 Å². The van der Waals surface area contributed by atoms with Gasteiger partial charge in [0.05, 0.1) is 23.8 Å². The van der Waals surface area contributed by atoms with E-state index in [9.17, 15) is 0 Å². The number of nitrogens with zero attached hydrogens (tertiary/aromatic N) is 3. The summed E-state index contributed by atoms with van der Waals surface area (Å²) in [5.74, 6) is 0. The summed E-state index contributed by atoms with van der Waals surface area (Å²) in [6.45, 7) is 6.30. The van der Waals surface area contributed by atoms with E-state index < -0.39 is 0 Å². The standard InChI is InChI=1S/C18H17N5S/c1-3-8-19-18(24)22-14-9-15-17(21-10-14)23-16(11-20-15)13-6-4-12(2)5-7-13/h3-7,9-11H,1,8H2,2H3,(H2,19,22,24). The fourth-order valence-corrected chi connectivity index (χ4v) is 2.37. The molecule has 3 rings (SSSR count). The molecule has 0 unspecified atom stereocenters. The van der Waals surface area contributed by atoms with Gasteiger partial charge in [0.25, 0.3) is 0 Å². The van der Waals surface area contributed by atoms with E-state index in [1.807, 2.05) is 18.2 Å². The Kier molecular flexibility index (Phi) is 4.77. The molecule has 0 atom stereocenters. The molecule has 24 heavy (non-hydrogen) atoms. The minimum Gasteiger partial charge on any atom is -0.359 e. The summed E-state index contributed by atoms with van der Waals surface area (Å²) < 4.78 is 0. The van der Waals surface area contributed by atoms with Gasteiger partial charge in [0.1, 0.15) is 5.52 Å². The van der Waals surface area contributed by atoms with Crippen LogP contribution in [0, 0.1) is 6.92 Å². The monoisotopic (exact) mass is 335 g/mol. The largest absolute Gasteiger partial charge is 0.359 e. The third-order valence-electron chi connectivity index (χ3n) is 3.41. The van der Waals surface area contributed by atoms with Crippen LogP contribution in [0.15, 0.2) is 55.4 Å². The third-order valence-corrected chi connectivity index (χ3v) is 3.66. The molecule has 0 amide bonds. The Morgan fingerprint density at radius 1 is 1.21 bits per heavy atom. The average Bonchev–Trinajstić information content (AvgIpc) is 2.60. The lowest BCUT2D eigenvalue weighted by molar-refractivity contribution is 1.06. The lowest BCUT2D eigenvalue weighted by Crippen LogP contribution is -2.28. The number of nitrogens with one attached hydrogen (secondary N) is 2. The van der Waals surface area contributed by atoms with Crippen LogP contribution in [0.25, 0.3) is 22.4 Å². The molecule has 0 bridgehead atoms. The van der Waals surface area contributed by atoms with Crippen LogP contribution in [-0.4, -0.2) is 26.6 Å². The number of thiocarbonyl (C=S) groups is 1. The zero-order valence-electron chi connectivity index (χ0n) is 13.3. The van der Waals surface area contributed by atoms with E-state index in [0.29, 0.717) is 22.8 Å². The summed E-state index contributed by atoms with van der Waals surface area (Å²) in [7, 11) is 0. The van der Waals surface area contributed by atoms with Crippen LogP contribution in [0.4, 0.5) is 5.69 Å². The number of aromatic nitrogens is 3. The first kappa shape index (κ1) is 16.0. The predicted molar refractivity (Wildman–Crippen MR) is 102 cm³/mol. The minimum absolute atomic E-state index is 0.514. The average molecular weight is 335 g/mol. The van der Waals surface area contributed by atoms with Gasteiger partial charge in [-0.3, -0.25) is 4.98 Å². The van der Waals surface area contributed by atoms with Gasteiger partial charge in [-0.15, -0.1) is 6.58 Å². The van der Waals surface area contributed by atoms with Crippen LogP contribution < -0.4 is 10.6 Å². The second-order valence-corrected chi connectivity index (χ2v) is 5.72. The fourth-order valence-electron chi connectivity index (χ4n) is 2.17. The normalized spacial score (nSPS) is 10.4. The quantitative estimate of drug-likeness (QED) is 0.562. The summed E-state index contributed by atoms with van der Waals surface area (Å²) in [4.78, 5) is 13.4. The first-order chi connectivity index (χ1) is 11.7. The Morgan fingerprint density at radius 3 is 2.75 bits per heavy atom. The molecular weight excluding hydrogens is 318 g/mol. The number of anilines is 1. The molecule has 0 spiro atoms. The number of hydrogen-bond acceptors (Lipinski definition) is 4. The molecule has 2 heterocycles. The van der Waals surface area contributed by atoms with Crippen molar-refractivity contribution in [1.29, 1.82) is 0 Å². The second-order valence-electron chi connectivity index (χ2n) is 5.31. The van der Waals surface area contributed by atoms with Crippen molar-refractivity contribution in [1.82, 2.24) is 20.3 Å². The molecule has 120 valence electrons. The number of hydrogen-bond donors (Lipinski definition) is 2. The van der Waals surface area contributed by atoms with Crippen molar-refractivity contribution in [3.8, 4) is 11.3 Å². The molecule has 0 saturated carbocycles. The maximum absolute atomic E-state index is 5.19. The summed E-state index contributed by atoms with van der Waals surface area (Å²) in [5, 5.41) is 6.58. The lowest BCUT2D eigenvalue weighted by atomic mass is 10.1. The number of rotatable bonds is 4. The van der Waals surface area contributed by atoms with Crippen molar-refractivity contribution in [2.45, 2.75) is 6.92 Å². The molecule has 0 radical (unpaired) electrons. The third kappa shape index (κ3) is 3.72. The molecular formula is C18H17N5S. The Morgan fingerprint density at radius 2 is 2.00 bits per heavy atom. The highest BCUT2D eigenvalue weighted by Crippen LogP contribution is 2.20. The predicted octanol–water partition coefficient (Wildman–Crippen LogP) is 3.47. The Bertz CT molecular complexity index is 890. The molecule has 0 fully saturated rings. The van der Waals surface area contributed by atoms with Gasteiger partial charge in [-0.2, -0.15) is 0 Å². The van der Waals surface area contributed by atoms with Crippen molar-refractivity contribution in [3.05, 3.63) is 60.9 Å². The molecule has 2 aromatic heterocycles. The highest BCUT2D eigenvalue weighted by molar-refractivity contribution is 7.80. The molecule has 5 nitrogen and oxygen atoms in total. The molecule has 1 aromatic carbocycles. The SMILES string of the molecule is C=CCNC(=S)Nc1cnc2nc(-c3ccc(C)cc3)cnc2c1. The maximum atomic E-state index is 5.19. The molecule has 0 aliphatic heterocycles. The highest BCUT2D eigenvalue weighted by Gasteiger charge is 2.05. The topological polar surface area (TPSA) is 62.7 Å². The van der Waals surface area contributed by atoms with Crippen LogP contribution in [0.5, 0.6) is 0 Å². The Labute approximate surface area is 145 Å². The summed E-state index contributed by atoms with van der Waals surface area (Å²) in [6.07, 6.45) is 5.19. The summed E-state index contributed by atoms with van der Waals surface area (Å²) in [6, 6.07) is 10.0. The van der Waals surface area contributed by atoms with E-state index in [4.69, 9.17) is 12.2 Å². The van der Waals surface area contributed by atoms with Crippen LogP contribution in [0.2, 0.25) is 0 Å². The van der Waals surface area contributed by atoms with Crippen molar-refractivity contribution in [3.63, 3.8) is 0 Å².